The van der Waals surface area contributed by atoms with Crippen LogP contribution in [0, 0.1) is 0 Å². The van der Waals surface area contributed by atoms with Crippen LogP contribution in [0.25, 0.3) is 21.5 Å². The van der Waals surface area contributed by atoms with E-state index in [9.17, 15) is 54.7 Å². The Bertz CT molecular complexity index is 3640. The summed E-state index contributed by atoms with van der Waals surface area (Å²) in [5.74, 6) is -5.65. The van der Waals surface area contributed by atoms with E-state index in [1.807, 2.05) is 35.7 Å². The van der Waals surface area contributed by atoms with Gasteiger partial charge in [0.25, 0.3) is 32.1 Å². The number of imide groups is 1. The minimum absolute atomic E-state index is 0.0662. The van der Waals surface area contributed by atoms with Crippen LogP contribution in [0.3, 0.4) is 0 Å². The first-order chi connectivity index (χ1) is 37.9. The number of nitrogens with zero attached hydrogens (tertiary/aromatic N) is 3. The Kier molecular flexibility index (Phi) is 17.4. The third-order valence-electron chi connectivity index (χ3n) is 15.1. The number of benzene rings is 5. The Labute approximate surface area is 464 Å². The van der Waals surface area contributed by atoms with Gasteiger partial charge in [0, 0.05) is 73.5 Å². The highest BCUT2D eigenvalue weighted by Crippen LogP contribution is 2.51. The normalized spacial score (nSPS) is 16.9. The first kappa shape index (κ1) is 58.3. The van der Waals surface area contributed by atoms with E-state index in [1.54, 1.807) is 29.6 Å². The van der Waals surface area contributed by atoms with Crippen LogP contribution >= 0.6 is 0 Å². The van der Waals surface area contributed by atoms with Gasteiger partial charge < -0.3 is 26.0 Å². The van der Waals surface area contributed by atoms with E-state index in [4.69, 9.17) is 5.11 Å². The topological polar surface area (TPSA) is 277 Å². The Morgan fingerprint density at radius 1 is 0.613 bits per heavy atom. The van der Waals surface area contributed by atoms with Crippen molar-refractivity contribution in [3.05, 3.63) is 155 Å². The van der Waals surface area contributed by atoms with Crippen molar-refractivity contribution < 1.29 is 64.4 Å². The van der Waals surface area contributed by atoms with Gasteiger partial charge >= 0.3 is 5.97 Å². The standard InChI is InChI=1S/C59H64N6O13S2/c1-58(2)48(25-7-5-8-26-49-59(3,4)53-41-22-13-11-20-39(41)29-31-45(53)64(49)33-17-18-34-65-56(71)42-23-14-15-24-43(42)57(65)72)63(44-30-28-38-19-10-12-21-40(38)52(44)58)32-16-6-9-27-50(66)60-35-46(79(73,74)75)54(69)61-36-47(80(76,77)78)55(70)62-37-51(67)68/h5,7-8,10-15,19-26,28-31,46-47H,6,9,16-18,27,32-37H2,1-4H3,(H5-,60,61,62,66,67,68,69,70,73,74,75,76,77,78)/p+1. The van der Waals surface area contributed by atoms with Crippen molar-refractivity contribution in [2.75, 3.05) is 44.2 Å². The number of allylic oxidation sites excluding steroid dienone is 6. The van der Waals surface area contributed by atoms with Gasteiger partial charge in [0.05, 0.1) is 16.5 Å². The van der Waals surface area contributed by atoms with E-state index in [0.29, 0.717) is 56.4 Å². The number of carboxylic acids is 1. The number of rotatable bonds is 24. The number of hydrogen-bond acceptors (Lipinski definition) is 11. The minimum Gasteiger partial charge on any atom is -0.480 e. The molecular weight excluding hydrogens is 1060 g/mol. The van der Waals surface area contributed by atoms with Crippen LogP contribution in [0.15, 0.2) is 133 Å². The van der Waals surface area contributed by atoms with Gasteiger partial charge in [0.15, 0.2) is 16.2 Å². The molecule has 5 aromatic rings. The molecule has 3 aliphatic rings. The first-order valence-corrected chi connectivity index (χ1v) is 29.4. The number of anilines is 1. The van der Waals surface area contributed by atoms with Crippen molar-refractivity contribution in [3.63, 3.8) is 0 Å². The predicted octanol–water partition coefficient (Wildman–Crippen LogP) is 6.75. The highest BCUT2D eigenvalue weighted by atomic mass is 32.2. The monoisotopic (exact) mass is 1130 g/mol. The summed E-state index contributed by atoms with van der Waals surface area (Å²) in [4.78, 5) is 78.7. The van der Waals surface area contributed by atoms with E-state index in [0.717, 1.165) is 45.4 Å². The molecule has 0 aliphatic carbocycles. The Hall–Kier alpha value is -7.85. The van der Waals surface area contributed by atoms with E-state index >= 15 is 0 Å². The molecule has 0 aromatic heterocycles. The molecule has 5 aromatic carbocycles. The number of hydrogen-bond donors (Lipinski definition) is 6. The molecule has 5 amide bonds. The van der Waals surface area contributed by atoms with Gasteiger partial charge in [-0.1, -0.05) is 98.8 Å². The molecule has 0 saturated heterocycles. The number of aliphatic carboxylic acids is 1. The van der Waals surface area contributed by atoms with Crippen LogP contribution in [0.5, 0.6) is 0 Å². The maximum atomic E-state index is 13.1. The van der Waals surface area contributed by atoms with E-state index < -0.39 is 79.5 Å². The van der Waals surface area contributed by atoms with Crippen molar-refractivity contribution in [1.82, 2.24) is 20.9 Å². The quantitative estimate of drug-likeness (QED) is 0.0123. The molecule has 0 bridgehead atoms. The summed E-state index contributed by atoms with van der Waals surface area (Å²) in [6.07, 6.45) is 13.3. The molecule has 80 heavy (non-hydrogen) atoms. The zero-order valence-corrected chi connectivity index (χ0v) is 46.5. The Balaban J connectivity index is 0.942. The van der Waals surface area contributed by atoms with Crippen molar-refractivity contribution in [3.8, 4) is 0 Å². The molecule has 420 valence electrons. The lowest BCUT2D eigenvalue weighted by atomic mass is 9.79. The Morgan fingerprint density at radius 3 is 1.77 bits per heavy atom. The summed E-state index contributed by atoms with van der Waals surface area (Å²) < 4.78 is 69.5. The summed E-state index contributed by atoms with van der Waals surface area (Å²) in [7, 11) is -10.4. The minimum atomic E-state index is -5.21. The van der Waals surface area contributed by atoms with Crippen LogP contribution < -0.4 is 20.9 Å². The van der Waals surface area contributed by atoms with Crippen molar-refractivity contribution in [1.29, 1.82) is 0 Å². The molecule has 2 unspecified atom stereocenters. The number of fused-ring (bicyclic) bond motifs is 7. The number of carboxylic acid groups (broad SMARTS) is 1. The van der Waals surface area contributed by atoms with Gasteiger partial charge in [-0.25, -0.2) is 0 Å². The molecule has 0 saturated carbocycles. The number of carbonyl (C=O) groups is 6. The second-order valence-corrected chi connectivity index (χ2v) is 24.3. The SMILES string of the molecule is CC1(C)C(/C=C/C=C/C=C2/N(CCCCN3C(=O)c4ccccc4C3=O)c3ccc4ccccc4c3C2(C)C)=[N+](CCCCCC(=O)NCC(C(=O)NCC(C(=O)NCC(=O)O)S(=O)(=O)O)S(=O)(=O)O)c2ccc3ccccc3c21. The third-order valence-corrected chi connectivity index (χ3v) is 17.3. The van der Waals surface area contributed by atoms with Crippen molar-refractivity contribution >= 4 is 94.4 Å². The molecule has 0 spiro atoms. The first-order valence-electron chi connectivity index (χ1n) is 26.4. The van der Waals surface area contributed by atoms with Crippen LogP contribution in [0.2, 0.25) is 0 Å². The van der Waals surface area contributed by atoms with Crippen molar-refractivity contribution in [2.45, 2.75) is 87.5 Å². The van der Waals surface area contributed by atoms with Gasteiger partial charge in [-0.3, -0.25) is 42.8 Å². The van der Waals surface area contributed by atoms with E-state index in [-0.39, 0.29) is 23.7 Å². The van der Waals surface area contributed by atoms with Crippen LogP contribution in [0.1, 0.15) is 98.1 Å². The lowest BCUT2D eigenvalue weighted by Crippen LogP contribution is -2.52. The highest BCUT2D eigenvalue weighted by molar-refractivity contribution is 7.87. The maximum Gasteiger partial charge on any atom is 0.322 e. The summed E-state index contributed by atoms with van der Waals surface area (Å²) >= 11 is 0. The van der Waals surface area contributed by atoms with Gasteiger partial charge in [-0.05, 0) is 97.0 Å². The average molecular weight is 1130 g/mol. The molecule has 3 heterocycles. The predicted molar refractivity (Wildman–Crippen MR) is 304 cm³/mol. The smallest absolute Gasteiger partial charge is 0.322 e. The summed E-state index contributed by atoms with van der Waals surface area (Å²) in [6, 6.07) is 32.2. The second kappa shape index (κ2) is 23.9. The summed E-state index contributed by atoms with van der Waals surface area (Å²) in [6.45, 7) is 7.39. The zero-order valence-electron chi connectivity index (χ0n) is 44.8. The van der Waals surface area contributed by atoms with Crippen molar-refractivity contribution in [2.24, 2.45) is 0 Å². The number of carbonyl (C=O) groups excluding carboxylic acids is 5. The van der Waals surface area contributed by atoms with E-state index in [1.165, 1.54) is 21.4 Å². The number of amides is 5. The summed E-state index contributed by atoms with van der Waals surface area (Å²) in [5.41, 5.74) is 6.89. The molecule has 6 N–H and O–H groups in total. The summed E-state index contributed by atoms with van der Waals surface area (Å²) in [5, 5.41) is 14.5. The molecule has 21 heteroatoms. The number of unbranched alkanes of at least 4 members (excludes halogenated alkanes) is 3. The molecular formula is C59H65N6O13S2+. The molecule has 0 radical (unpaired) electrons. The highest BCUT2D eigenvalue weighted by Gasteiger charge is 2.46. The van der Waals surface area contributed by atoms with Crippen LogP contribution in [0.4, 0.5) is 11.4 Å². The Morgan fingerprint density at radius 2 is 1.16 bits per heavy atom. The number of nitrogens with one attached hydrogen (secondary N) is 3. The van der Waals surface area contributed by atoms with Gasteiger partial charge in [-0.2, -0.15) is 21.4 Å². The molecule has 0 fully saturated rings. The fourth-order valence-corrected chi connectivity index (χ4v) is 12.5. The largest absolute Gasteiger partial charge is 0.480 e. The fourth-order valence-electron chi connectivity index (χ4n) is 11.2. The average Bonchev–Trinajstić information content (AvgIpc) is 3.96. The lowest BCUT2D eigenvalue weighted by Gasteiger charge is -2.27. The van der Waals surface area contributed by atoms with Crippen LogP contribution in [-0.4, -0.2) is 132 Å². The fraction of sp³-hybridized carbons (Fsp3) is 0.339. The molecule has 3 aliphatic heterocycles. The third kappa shape index (κ3) is 12.3. The molecule has 2 atom stereocenters. The van der Waals surface area contributed by atoms with Gasteiger partial charge in [0.2, 0.25) is 23.4 Å². The van der Waals surface area contributed by atoms with Gasteiger partial charge in [-0.15, -0.1) is 0 Å². The second-order valence-electron chi connectivity index (χ2n) is 21.1. The van der Waals surface area contributed by atoms with E-state index in [2.05, 4.69) is 115 Å². The molecule has 8 rings (SSSR count). The van der Waals surface area contributed by atoms with Gasteiger partial charge in [0.1, 0.15) is 13.1 Å². The lowest BCUT2D eigenvalue weighted by molar-refractivity contribution is -0.438. The zero-order chi connectivity index (χ0) is 57.7. The molecule has 19 nitrogen and oxygen atoms in total. The maximum absolute atomic E-state index is 13.1. The van der Waals surface area contributed by atoms with Crippen LogP contribution in [-0.2, 0) is 50.2 Å².